The Morgan fingerprint density at radius 2 is 1.95 bits per heavy atom. The third-order valence-electron chi connectivity index (χ3n) is 3.56. The normalized spacial score (nSPS) is 16.9. The molecule has 1 aromatic rings. The number of nitrogens with one attached hydrogen (secondary N) is 1. The van der Waals surface area contributed by atoms with Crippen molar-refractivity contribution in [1.29, 1.82) is 0 Å². The molecule has 1 aromatic heterocycles. The number of pyridine rings is 1. The van der Waals surface area contributed by atoms with Crippen LogP contribution in [0.3, 0.4) is 0 Å². The van der Waals surface area contributed by atoms with Crippen LogP contribution in [0.2, 0.25) is 0 Å². The van der Waals surface area contributed by atoms with E-state index in [4.69, 9.17) is 0 Å². The Bertz CT molecular complexity index is 450. The Hall–Kier alpha value is -1.59. The number of amides is 1. The molecule has 2 rings (SSSR count). The number of hydrogen-bond acceptors (Lipinski definition) is 2. The van der Waals surface area contributed by atoms with E-state index in [1.54, 1.807) is 0 Å². The molecule has 6 heteroatoms. The van der Waals surface area contributed by atoms with E-state index >= 15 is 0 Å². The first-order valence-corrected chi connectivity index (χ1v) is 6.78. The molecule has 110 valence electrons. The summed E-state index contributed by atoms with van der Waals surface area (Å²) in [7, 11) is 0. The third kappa shape index (κ3) is 4.21. The maximum atomic E-state index is 12.4. The highest BCUT2D eigenvalue weighted by molar-refractivity contribution is 5.89. The van der Waals surface area contributed by atoms with E-state index < -0.39 is 11.7 Å². The lowest BCUT2D eigenvalue weighted by molar-refractivity contribution is -0.137. The van der Waals surface area contributed by atoms with Crippen molar-refractivity contribution in [3.63, 3.8) is 0 Å². The number of aromatic nitrogens is 1. The van der Waals surface area contributed by atoms with E-state index in [0.717, 1.165) is 37.9 Å². The minimum absolute atomic E-state index is 0.166. The number of halogens is 3. The highest BCUT2D eigenvalue weighted by atomic mass is 19.4. The van der Waals surface area contributed by atoms with Crippen molar-refractivity contribution in [1.82, 2.24) is 4.98 Å². The predicted octanol–water partition coefficient (Wildman–Crippen LogP) is 4.01. The Labute approximate surface area is 115 Å². The summed E-state index contributed by atoms with van der Waals surface area (Å²) < 4.78 is 37.1. The largest absolute Gasteiger partial charge is 0.417 e. The molecule has 1 N–H and O–H groups in total. The van der Waals surface area contributed by atoms with Crippen LogP contribution < -0.4 is 5.32 Å². The van der Waals surface area contributed by atoms with Gasteiger partial charge in [-0.15, -0.1) is 0 Å². The van der Waals surface area contributed by atoms with Crippen LogP contribution in [0, 0.1) is 5.92 Å². The van der Waals surface area contributed by atoms with Crippen molar-refractivity contribution >= 4 is 11.7 Å². The van der Waals surface area contributed by atoms with Crippen LogP contribution >= 0.6 is 0 Å². The van der Waals surface area contributed by atoms with E-state index in [2.05, 4.69) is 10.3 Å². The summed E-state index contributed by atoms with van der Waals surface area (Å²) in [5, 5.41) is 2.55. The lowest BCUT2D eigenvalue weighted by atomic mass is 9.87. The number of alkyl halides is 3. The summed E-state index contributed by atoms with van der Waals surface area (Å²) in [5.74, 6) is 0.376. The first kappa shape index (κ1) is 14.8. The van der Waals surface area contributed by atoms with Crippen LogP contribution in [0.15, 0.2) is 18.3 Å². The van der Waals surface area contributed by atoms with Gasteiger partial charge >= 0.3 is 6.18 Å². The summed E-state index contributed by atoms with van der Waals surface area (Å²) in [6.07, 6.45) is 2.36. The molecule has 0 bridgehead atoms. The Kier molecular flexibility index (Phi) is 4.62. The van der Waals surface area contributed by atoms with Crippen LogP contribution in [0.5, 0.6) is 0 Å². The zero-order valence-corrected chi connectivity index (χ0v) is 11.0. The molecule has 0 saturated heterocycles. The lowest BCUT2D eigenvalue weighted by Crippen LogP contribution is -2.19. The Morgan fingerprint density at radius 1 is 1.25 bits per heavy atom. The Balaban J connectivity index is 1.87. The molecule has 1 heterocycles. The van der Waals surface area contributed by atoms with E-state index in [-0.39, 0.29) is 11.7 Å². The second-order valence-corrected chi connectivity index (χ2v) is 5.19. The van der Waals surface area contributed by atoms with Gasteiger partial charge in [0.1, 0.15) is 5.82 Å². The maximum absolute atomic E-state index is 12.4. The van der Waals surface area contributed by atoms with Gasteiger partial charge in [-0.1, -0.05) is 19.3 Å². The molecule has 0 spiro atoms. The summed E-state index contributed by atoms with van der Waals surface area (Å²) >= 11 is 0. The zero-order valence-electron chi connectivity index (χ0n) is 11.0. The molecular weight excluding hydrogens is 269 g/mol. The topological polar surface area (TPSA) is 42.0 Å². The quantitative estimate of drug-likeness (QED) is 0.912. The standard InChI is InChI=1S/C14H17F3N2O/c15-14(16,17)11-6-7-12(18-9-11)19-13(20)8-10-4-2-1-3-5-10/h6-7,9-10H,1-5,8H2,(H,18,19,20). The first-order valence-electron chi connectivity index (χ1n) is 6.78. The van der Waals surface area contributed by atoms with E-state index in [1.807, 2.05) is 0 Å². The van der Waals surface area contributed by atoms with Gasteiger partial charge < -0.3 is 5.32 Å². The second-order valence-electron chi connectivity index (χ2n) is 5.19. The number of carbonyl (C=O) groups is 1. The van der Waals surface area contributed by atoms with Crippen molar-refractivity contribution < 1.29 is 18.0 Å². The fourth-order valence-corrected chi connectivity index (χ4v) is 2.48. The van der Waals surface area contributed by atoms with Gasteiger partial charge in [-0.05, 0) is 30.9 Å². The van der Waals surface area contributed by atoms with Gasteiger partial charge in [0, 0.05) is 12.6 Å². The van der Waals surface area contributed by atoms with E-state index in [9.17, 15) is 18.0 Å². The monoisotopic (exact) mass is 286 g/mol. The molecule has 3 nitrogen and oxygen atoms in total. The summed E-state index contributed by atoms with van der Waals surface area (Å²) in [5.41, 5.74) is -0.817. The van der Waals surface area contributed by atoms with E-state index in [0.29, 0.717) is 12.3 Å². The van der Waals surface area contributed by atoms with Crippen LogP contribution in [0.25, 0.3) is 0 Å². The fraction of sp³-hybridized carbons (Fsp3) is 0.571. The number of nitrogens with zero attached hydrogens (tertiary/aromatic N) is 1. The van der Waals surface area contributed by atoms with Gasteiger partial charge in [0.05, 0.1) is 5.56 Å². The van der Waals surface area contributed by atoms with Crippen LogP contribution in [-0.4, -0.2) is 10.9 Å². The number of hydrogen-bond donors (Lipinski definition) is 1. The maximum Gasteiger partial charge on any atom is 0.417 e. The molecule has 0 aliphatic heterocycles. The first-order chi connectivity index (χ1) is 9.45. The van der Waals surface area contributed by atoms with Gasteiger partial charge in [0.25, 0.3) is 0 Å². The van der Waals surface area contributed by atoms with Gasteiger partial charge in [-0.25, -0.2) is 4.98 Å². The van der Waals surface area contributed by atoms with Gasteiger partial charge in [-0.2, -0.15) is 13.2 Å². The highest BCUT2D eigenvalue weighted by Gasteiger charge is 2.30. The molecular formula is C14H17F3N2O. The van der Waals surface area contributed by atoms with Gasteiger partial charge in [0.15, 0.2) is 0 Å². The van der Waals surface area contributed by atoms with Gasteiger partial charge in [0.2, 0.25) is 5.91 Å². The average molecular weight is 286 g/mol. The van der Waals surface area contributed by atoms with E-state index in [1.165, 1.54) is 12.5 Å². The highest BCUT2D eigenvalue weighted by Crippen LogP contribution is 2.29. The van der Waals surface area contributed by atoms with Crippen molar-refractivity contribution in [3.8, 4) is 0 Å². The molecule has 1 amide bonds. The molecule has 0 radical (unpaired) electrons. The molecule has 20 heavy (non-hydrogen) atoms. The summed E-state index contributed by atoms with van der Waals surface area (Å²) in [4.78, 5) is 15.4. The average Bonchev–Trinajstić information content (AvgIpc) is 2.39. The number of carbonyl (C=O) groups excluding carboxylic acids is 1. The van der Waals surface area contributed by atoms with Gasteiger partial charge in [-0.3, -0.25) is 4.79 Å². The fourth-order valence-electron chi connectivity index (χ4n) is 2.48. The Morgan fingerprint density at radius 3 is 2.50 bits per heavy atom. The molecule has 0 atom stereocenters. The molecule has 0 unspecified atom stereocenters. The number of rotatable bonds is 3. The predicted molar refractivity (Wildman–Crippen MR) is 69.1 cm³/mol. The SMILES string of the molecule is O=C(CC1CCCCC1)Nc1ccc(C(F)(F)F)cn1. The zero-order chi connectivity index (χ0) is 14.6. The van der Waals surface area contributed by atoms with Crippen molar-refractivity contribution in [2.45, 2.75) is 44.7 Å². The number of anilines is 1. The summed E-state index contributed by atoms with van der Waals surface area (Å²) in [6, 6.07) is 2.10. The van der Waals surface area contributed by atoms with Crippen molar-refractivity contribution in [2.24, 2.45) is 5.92 Å². The molecule has 1 saturated carbocycles. The van der Waals surface area contributed by atoms with Crippen molar-refractivity contribution in [3.05, 3.63) is 23.9 Å². The third-order valence-corrected chi connectivity index (χ3v) is 3.56. The second kappa shape index (κ2) is 6.24. The van der Waals surface area contributed by atoms with Crippen LogP contribution in [0.4, 0.5) is 19.0 Å². The molecule has 1 fully saturated rings. The van der Waals surface area contributed by atoms with Crippen LogP contribution in [-0.2, 0) is 11.0 Å². The summed E-state index contributed by atoms with van der Waals surface area (Å²) in [6.45, 7) is 0. The smallest absolute Gasteiger partial charge is 0.311 e. The van der Waals surface area contributed by atoms with Crippen LogP contribution in [0.1, 0.15) is 44.1 Å². The lowest BCUT2D eigenvalue weighted by Gasteiger charge is -2.20. The molecule has 1 aliphatic rings. The molecule has 1 aliphatic carbocycles. The minimum Gasteiger partial charge on any atom is -0.311 e. The minimum atomic E-state index is -4.41. The molecule has 0 aromatic carbocycles. The van der Waals surface area contributed by atoms with Crippen molar-refractivity contribution in [2.75, 3.05) is 5.32 Å².